The van der Waals surface area contributed by atoms with Crippen LogP contribution in [0.4, 0.5) is 8.78 Å². The maximum atomic E-state index is 12.7. The lowest BCUT2D eigenvalue weighted by molar-refractivity contribution is -0.142. The standard InChI is InChI=1S/C12H16F2N2O2/c1-3-18-10(17)5-9-8(6-15)4-7(2)11(16-9)12(13)14/h4,12H,3,5-6,15H2,1-2H3. The SMILES string of the molecule is CCOC(=O)Cc1nc(C(F)F)c(C)cc1CN. The lowest BCUT2D eigenvalue weighted by atomic mass is 10.1. The summed E-state index contributed by atoms with van der Waals surface area (Å²) in [4.78, 5) is 15.2. The third kappa shape index (κ3) is 3.46. The first-order valence-electron chi connectivity index (χ1n) is 5.62. The molecule has 0 fully saturated rings. The second-order valence-corrected chi connectivity index (χ2v) is 3.78. The van der Waals surface area contributed by atoms with Gasteiger partial charge >= 0.3 is 5.97 Å². The van der Waals surface area contributed by atoms with Gasteiger partial charge in [0, 0.05) is 6.54 Å². The predicted molar refractivity (Wildman–Crippen MR) is 62.2 cm³/mol. The van der Waals surface area contributed by atoms with Gasteiger partial charge in [-0.2, -0.15) is 0 Å². The third-order valence-electron chi connectivity index (χ3n) is 2.46. The number of pyridine rings is 1. The van der Waals surface area contributed by atoms with Gasteiger partial charge in [-0.25, -0.2) is 8.78 Å². The van der Waals surface area contributed by atoms with Crippen molar-refractivity contribution >= 4 is 5.97 Å². The Morgan fingerprint density at radius 3 is 2.72 bits per heavy atom. The predicted octanol–water partition coefficient (Wildman–Crippen LogP) is 1.89. The van der Waals surface area contributed by atoms with E-state index >= 15 is 0 Å². The fourth-order valence-corrected chi connectivity index (χ4v) is 1.62. The monoisotopic (exact) mass is 258 g/mol. The number of hydrogen-bond acceptors (Lipinski definition) is 4. The lowest BCUT2D eigenvalue weighted by Crippen LogP contribution is -2.14. The Morgan fingerprint density at radius 2 is 2.22 bits per heavy atom. The maximum Gasteiger partial charge on any atom is 0.311 e. The van der Waals surface area contributed by atoms with E-state index in [0.717, 1.165) is 0 Å². The first-order chi connectivity index (χ1) is 8.49. The van der Waals surface area contributed by atoms with Gasteiger partial charge in [0.1, 0.15) is 5.69 Å². The van der Waals surface area contributed by atoms with Gasteiger partial charge in [-0.3, -0.25) is 9.78 Å². The molecule has 0 saturated carbocycles. The van der Waals surface area contributed by atoms with Gasteiger partial charge in [0.25, 0.3) is 6.43 Å². The Balaban J connectivity index is 3.08. The van der Waals surface area contributed by atoms with Crippen LogP contribution in [0.3, 0.4) is 0 Å². The summed E-state index contributed by atoms with van der Waals surface area (Å²) < 4.78 is 30.2. The number of aryl methyl sites for hydroxylation is 1. The topological polar surface area (TPSA) is 65.2 Å². The average molecular weight is 258 g/mol. The molecule has 0 saturated heterocycles. The Hall–Kier alpha value is -1.56. The quantitative estimate of drug-likeness (QED) is 0.819. The Kier molecular flexibility index (Phi) is 5.15. The van der Waals surface area contributed by atoms with Gasteiger partial charge < -0.3 is 10.5 Å². The number of esters is 1. The average Bonchev–Trinajstić information content (AvgIpc) is 2.30. The molecule has 2 N–H and O–H groups in total. The molecule has 0 aliphatic rings. The van der Waals surface area contributed by atoms with Gasteiger partial charge in [0.05, 0.1) is 18.7 Å². The second-order valence-electron chi connectivity index (χ2n) is 3.78. The van der Waals surface area contributed by atoms with E-state index < -0.39 is 12.4 Å². The number of carbonyl (C=O) groups excluding carboxylic acids is 1. The van der Waals surface area contributed by atoms with Crippen LogP contribution in [0.25, 0.3) is 0 Å². The molecule has 18 heavy (non-hydrogen) atoms. The molecule has 1 rings (SSSR count). The van der Waals surface area contributed by atoms with E-state index in [0.29, 0.717) is 11.1 Å². The molecule has 1 aromatic heterocycles. The van der Waals surface area contributed by atoms with Crippen LogP contribution in [0.15, 0.2) is 6.07 Å². The van der Waals surface area contributed by atoms with E-state index in [9.17, 15) is 13.6 Å². The van der Waals surface area contributed by atoms with Crippen LogP contribution in [0.1, 0.15) is 35.9 Å². The smallest absolute Gasteiger partial charge is 0.311 e. The molecule has 0 aromatic carbocycles. The fourth-order valence-electron chi connectivity index (χ4n) is 1.62. The molecule has 0 aliphatic heterocycles. The summed E-state index contributed by atoms with van der Waals surface area (Å²) >= 11 is 0. The van der Waals surface area contributed by atoms with Crippen molar-refractivity contribution < 1.29 is 18.3 Å². The summed E-state index contributed by atoms with van der Waals surface area (Å²) in [5.74, 6) is -0.497. The summed E-state index contributed by atoms with van der Waals surface area (Å²) in [6.07, 6.45) is -2.81. The largest absolute Gasteiger partial charge is 0.466 e. The van der Waals surface area contributed by atoms with Crippen molar-refractivity contribution in [1.29, 1.82) is 0 Å². The first-order valence-corrected chi connectivity index (χ1v) is 5.62. The molecule has 1 heterocycles. The molecule has 0 spiro atoms. The van der Waals surface area contributed by atoms with Crippen LogP contribution in [-0.4, -0.2) is 17.6 Å². The van der Waals surface area contributed by atoms with Crippen molar-refractivity contribution in [3.63, 3.8) is 0 Å². The fraction of sp³-hybridized carbons (Fsp3) is 0.500. The third-order valence-corrected chi connectivity index (χ3v) is 2.46. The maximum absolute atomic E-state index is 12.7. The van der Waals surface area contributed by atoms with Gasteiger partial charge in [-0.15, -0.1) is 0 Å². The van der Waals surface area contributed by atoms with Crippen molar-refractivity contribution in [1.82, 2.24) is 4.98 Å². The highest BCUT2D eigenvalue weighted by Gasteiger charge is 2.17. The molecule has 0 atom stereocenters. The molecular weight excluding hydrogens is 242 g/mol. The van der Waals surface area contributed by atoms with Crippen LogP contribution in [0, 0.1) is 6.92 Å². The number of ether oxygens (including phenoxy) is 1. The first kappa shape index (κ1) is 14.5. The van der Waals surface area contributed by atoms with Crippen molar-refractivity contribution in [2.75, 3.05) is 6.61 Å². The van der Waals surface area contributed by atoms with E-state index in [1.54, 1.807) is 19.9 Å². The Morgan fingerprint density at radius 1 is 1.56 bits per heavy atom. The van der Waals surface area contributed by atoms with Gasteiger partial charge in [0.15, 0.2) is 0 Å². The van der Waals surface area contributed by atoms with Gasteiger partial charge in [-0.1, -0.05) is 6.07 Å². The molecule has 0 unspecified atom stereocenters. The number of hydrogen-bond donors (Lipinski definition) is 1. The Bertz CT molecular complexity index is 436. The minimum absolute atomic E-state index is 0.139. The molecule has 0 radical (unpaired) electrons. The minimum Gasteiger partial charge on any atom is -0.466 e. The highest BCUT2D eigenvalue weighted by molar-refractivity contribution is 5.72. The zero-order valence-electron chi connectivity index (χ0n) is 10.4. The summed E-state index contributed by atoms with van der Waals surface area (Å²) in [5.41, 5.74) is 6.42. The molecule has 4 nitrogen and oxygen atoms in total. The molecule has 100 valence electrons. The zero-order valence-corrected chi connectivity index (χ0v) is 10.4. The number of nitrogens with two attached hydrogens (primary N) is 1. The number of carbonyl (C=O) groups is 1. The molecule has 0 amide bonds. The van der Waals surface area contributed by atoms with Crippen molar-refractivity contribution in [3.05, 3.63) is 28.6 Å². The van der Waals surface area contributed by atoms with Crippen molar-refractivity contribution in [2.45, 2.75) is 33.2 Å². The number of nitrogens with zero attached hydrogens (tertiary/aromatic N) is 1. The normalized spacial score (nSPS) is 10.8. The van der Waals surface area contributed by atoms with Crippen molar-refractivity contribution in [3.8, 4) is 0 Å². The second kappa shape index (κ2) is 6.39. The van der Waals surface area contributed by atoms with E-state index in [2.05, 4.69) is 4.98 Å². The van der Waals surface area contributed by atoms with Gasteiger partial charge in [-0.05, 0) is 25.0 Å². The summed E-state index contributed by atoms with van der Waals surface area (Å²) in [6.45, 7) is 3.60. The summed E-state index contributed by atoms with van der Waals surface area (Å²) in [5, 5.41) is 0. The Labute approximate surface area is 104 Å². The summed E-state index contributed by atoms with van der Waals surface area (Å²) in [7, 11) is 0. The van der Waals surface area contributed by atoms with E-state index in [1.165, 1.54) is 0 Å². The van der Waals surface area contributed by atoms with E-state index in [-0.39, 0.29) is 31.0 Å². The van der Waals surface area contributed by atoms with Crippen LogP contribution < -0.4 is 5.73 Å². The van der Waals surface area contributed by atoms with Crippen LogP contribution in [0.5, 0.6) is 0 Å². The number of rotatable bonds is 5. The molecule has 6 heteroatoms. The van der Waals surface area contributed by atoms with Crippen LogP contribution in [-0.2, 0) is 22.5 Å². The molecule has 0 bridgehead atoms. The number of alkyl halides is 2. The van der Waals surface area contributed by atoms with Gasteiger partial charge in [0.2, 0.25) is 0 Å². The zero-order chi connectivity index (χ0) is 13.7. The minimum atomic E-state index is -2.67. The number of halogens is 2. The molecule has 1 aromatic rings. The van der Waals surface area contributed by atoms with Crippen LogP contribution >= 0.6 is 0 Å². The highest BCUT2D eigenvalue weighted by atomic mass is 19.3. The van der Waals surface area contributed by atoms with Crippen molar-refractivity contribution in [2.24, 2.45) is 5.73 Å². The van der Waals surface area contributed by atoms with E-state index in [4.69, 9.17) is 10.5 Å². The number of aromatic nitrogens is 1. The summed E-state index contributed by atoms with van der Waals surface area (Å²) in [6, 6.07) is 1.54. The molecule has 0 aliphatic carbocycles. The van der Waals surface area contributed by atoms with E-state index in [1.807, 2.05) is 0 Å². The van der Waals surface area contributed by atoms with Crippen LogP contribution in [0.2, 0.25) is 0 Å². The highest BCUT2D eigenvalue weighted by Crippen LogP contribution is 2.23. The molecular formula is C12H16F2N2O2. The lowest BCUT2D eigenvalue weighted by Gasteiger charge is -2.11.